The highest BCUT2D eigenvalue weighted by Gasteiger charge is 2.24. The van der Waals surface area contributed by atoms with E-state index >= 15 is 0 Å². The molecule has 2 atom stereocenters. The monoisotopic (exact) mass is 273 g/mol. The highest BCUT2D eigenvalue weighted by molar-refractivity contribution is 6.31. The van der Waals surface area contributed by atoms with Crippen LogP contribution in [0.3, 0.4) is 0 Å². The van der Waals surface area contributed by atoms with Gasteiger partial charge in [0.05, 0.1) is 18.8 Å². The molecular weight excluding hydrogens is 257 g/mol. The van der Waals surface area contributed by atoms with Crippen molar-refractivity contribution in [2.24, 2.45) is 0 Å². The van der Waals surface area contributed by atoms with Gasteiger partial charge in [0.15, 0.2) is 0 Å². The molecule has 0 saturated carbocycles. The van der Waals surface area contributed by atoms with Crippen LogP contribution >= 0.6 is 11.6 Å². The van der Waals surface area contributed by atoms with Gasteiger partial charge >= 0.3 is 0 Å². The van der Waals surface area contributed by atoms with Gasteiger partial charge in [0.2, 0.25) is 0 Å². The van der Waals surface area contributed by atoms with Crippen LogP contribution in [0.5, 0.6) is 0 Å². The maximum Gasteiger partial charge on any atom is 0.124 e. The molecule has 1 heterocycles. The Labute approximate surface area is 111 Å². The Bertz CT molecular complexity index is 416. The smallest absolute Gasteiger partial charge is 0.124 e. The molecule has 1 aromatic carbocycles. The van der Waals surface area contributed by atoms with Gasteiger partial charge in [0.25, 0.3) is 0 Å². The summed E-state index contributed by atoms with van der Waals surface area (Å²) in [5, 5.41) is 9.60. The molecule has 0 radical (unpaired) electrons. The van der Waals surface area contributed by atoms with E-state index in [1.165, 1.54) is 12.1 Å². The van der Waals surface area contributed by atoms with Crippen molar-refractivity contribution in [2.45, 2.75) is 25.7 Å². The first kappa shape index (κ1) is 13.7. The largest absolute Gasteiger partial charge is 0.394 e. The van der Waals surface area contributed by atoms with E-state index in [4.69, 9.17) is 21.4 Å². The lowest BCUT2D eigenvalue weighted by Crippen LogP contribution is -2.47. The first-order chi connectivity index (χ1) is 8.58. The first-order valence-corrected chi connectivity index (χ1v) is 6.39. The molecule has 100 valence electrons. The van der Waals surface area contributed by atoms with Crippen molar-refractivity contribution in [3.63, 3.8) is 0 Å². The van der Waals surface area contributed by atoms with E-state index in [0.717, 1.165) is 12.1 Å². The fraction of sp³-hybridized carbons (Fsp3) is 0.538. The maximum atomic E-state index is 13.0. The second-order valence-electron chi connectivity index (χ2n) is 4.68. The zero-order valence-electron chi connectivity index (χ0n) is 10.3. The zero-order valence-corrected chi connectivity index (χ0v) is 11.0. The lowest BCUT2D eigenvalue weighted by Gasteiger charge is -2.36. The number of hydrogen-bond acceptors (Lipinski definition) is 3. The van der Waals surface area contributed by atoms with E-state index in [1.807, 2.05) is 6.92 Å². The molecule has 0 aliphatic carbocycles. The van der Waals surface area contributed by atoms with Crippen LogP contribution in [-0.2, 0) is 11.3 Å². The number of aliphatic hydroxyl groups excluding tert-OH is 1. The molecule has 5 heteroatoms. The quantitative estimate of drug-likeness (QED) is 0.915. The van der Waals surface area contributed by atoms with Gasteiger partial charge in [-0.3, -0.25) is 4.90 Å². The topological polar surface area (TPSA) is 32.7 Å². The Balaban J connectivity index is 2.04. The SMILES string of the molecule is CC1CN(Cc2ccc(F)cc2Cl)CC(CO)O1. The fourth-order valence-corrected chi connectivity index (χ4v) is 2.49. The minimum atomic E-state index is -0.327. The van der Waals surface area contributed by atoms with Gasteiger partial charge in [0.1, 0.15) is 5.82 Å². The highest BCUT2D eigenvalue weighted by Crippen LogP contribution is 2.21. The molecule has 0 aromatic heterocycles. The van der Waals surface area contributed by atoms with Gasteiger partial charge in [-0.1, -0.05) is 17.7 Å². The Morgan fingerprint density at radius 2 is 2.28 bits per heavy atom. The number of hydrogen-bond donors (Lipinski definition) is 1. The van der Waals surface area contributed by atoms with Crippen LogP contribution < -0.4 is 0 Å². The predicted octanol–water partition coefficient (Wildman–Crippen LogP) is 2.06. The summed E-state index contributed by atoms with van der Waals surface area (Å²) in [4.78, 5) is 2.16. The molecule has 18 heavy (non-hydrogen) atoms. The van der Waals surface area contributed by atoms with Crippen LogP contribution in [0, 0.1) is 5.82 Å². The number of halogens is 2. The van der Waals surface area contributed by atoms with E-state index in [2.05, 4.69) is 4.90 Å². The number of ether oxygens (including phenoxy) is 1. The summed E-state index contributed by atoms with van der Waals surface area (Å²) in [6.07, 6.45) is -0.0805. The standard InChI is InChI=1S/C13H17ClFNO2/c1-9-5-16(7-12(8-17)18-9)6-10-2-3-11(15)4-13(10)14/h2-4,9,12,17H,5-8H2,1H3. The van der Waals surface area contributed by atoms with Gasteiger partial charge in [-0.05, 0) is 24.6 Å². The number of morpholine rings is 1. The summed E-state index contributed by atoms with van der Waals surface area (Å²) in [5.41, 5.74) is 0.892. The molecule has 2 unspecified atom stereocenters. The van der Waals surface area contributed by atoms with Crippen molar-refractivity contribution in [1.29, 1.82) is 0 Å². The van der Waals surface area contributed by atoms with Crippen molar-refractivity contribution in [1.82, 2.24) is 4.90 Å². The van der Waals surface area contributed by atoms with Gasteiger partial charge in [-0.15, -0.1) is 0 Å². The second kappa shape index (κ2) is 5.97. The van der Waals surface area contributed by atoms with E-state index in [0.29, 0.717) is 18.1 Å². The zero-order chi connectivity index (χ0) is 13.1. The van der Waals surface area contributed by atoms with E-state index in [1.54, 1.807) is 6.07 Å². The molecule has 0 spiro atoms. The average Bonchev–Trinajstić information content (AvgIpc) is 2.32. The van der Waals surface area contributed by atoms with E-state index < -0.39 is 0 Å². The Hall–Kier alpha value is -0.680. The molecule has 1 N–H and O–H groups in total. The lowest BCUT2D eigenvalue weighted by molar-refractivity contribution is -0.0972. The highest BCUT2D eigenvalue weighted by atomic mass is 35.5. The molecule has 1 aliphatic heterocycles. The van der Waals surface area contributed by atoms with E-state index in [-0.39, 0.29) is 24.6 Å². The normalized spacial score (nSPS) is 25.3. The molecule has 1 fully saturated rings. The maximum absolute atomic E-state index is 13.0. The summed E-state index contributed by atoms with van der Waals surface area (Å²) in [5.74, 6) is -0.327. The summed E-state index contributed by atoms with van der Waals surface area (Å²) in [6.45, 7) is 4.07. The molecule has 1 saturated heterocycles. The molecular formula is C13H17ClFNO2. The predicted molar refractivity (Wildman–Crippen MR) is 68.1 cm³/mol. The molecule has 3 nitrogen and oxygen atoms in total. The minimum absolute atomic E-state index is 0.0119. The van der Waals surface area contributed by atoms with Gasteiger partial charge in [0, 0.05) is 24.7 Å². The van der Waals surface area contributed by atoms with Gasteiger partial charge < -0.3 is 9.84 Å². The summed E-state index contributed by atoms with van der Waals surface area (Å²) >= 11 is 6.01. The number of rotatable bonds is 3. The van der Waals surface area contributed by atoms with Crippen LogP contribution in [0.4, 0.5) is 4.39 Å². The number of benzene rings is 1. The van der Waals surface area contributed by atoms with Crippen LogP contribution in [0.15, 0.2) is 18.2 Å². The van der Waals surface area contributed by atoms with Gasteiger partial charge in [-0.2, -0.15) is 0 Å². The summed E-state index contributed by atoms with van der Waals surface area (Å²) in [6, 6.07) is 4.44. The fourth-order valence-electron chi connectivity index (χ4n) is 2.26. The van der Waals surface area contributed by atoms with Crippen LogP contribution in [0.25, 0.3) is 0 Å². The third-order valence-corrected chi connectivity index (χ3v) is 3.37. The lowest BCUT2D eigenvalue weighted by atomic mass is 10.1. The van der Waals surface area contributed by atoms with Crippen LogP contribution in [0.1, 0.15) is 12.5 Å². The molecule has 0 amide bonds. The van der Waals surface area contributed by atoms with Crippen molar-refractivity contribution < 1.29 is 14.2 Å². The molecule has 1 aromatic rings. The minimum Gasteiger partial charge on any atom is -0.394 e. The third-order valence-electron chi connectivity index (χ3n) is 3.01. The second-order valence-corrected chi connectivity index (χ2v) is 5.09. The third kappa shape index (κ3) is 3.42. The Kier molecular flexibility index (Phi) is 4.56. The van der Waals surface area contributed by atoms with E-state index in [9.17, 15) is 4.39 Å². The first-order valence-electron chi connectivity index (χ1n) is 6.01. The molecule has 2 rings (SSSR count). The van der Waals surface area contributed by atoms with Gasteiger partial charge in [-0.25, -0.2) is 4.39 Å². The summed E-state index contributed by atoms with van der Waals surface area (Å²) in [7, 11) is 0. The Morgan fingerprint density at radius 1 is 1.50 bits per heavy atom. The Morgan fingerprint density at radius 3 is 2.94 bits per heavy atom. The molecule has 0 bridgehead atoms. The number of aliphatic hydroxyl groups is 1. The van der Waals surface area contributed by atoms with Crippen molar-refractivity contribution in [3.05, 3.63) is 34.6 Å². The summed E-state index contributed by atoms with van der Waals surface area (Å²) < 4.78 is 18.5. The van der Waals surface area contributed by atoms with Crippen molar-refractivity contribution in [2.75, 3.05) is 19.7 Å². The van der Waals surface area contributed by atoms with Crippen LogP contribution in [-0.4, -0.2) is 41.9 Å². The van der Waals surface area contributed by atoms with Crippen LogP contribution in [0.2, 0.25) is 5.02 Å². The van der Waals surface area contributed by atoms with Crippen molar-refractivity contribution in [3.8, 4) is 0 Å². The van der Waals surface area contributed by atoms with Crippen molar-refractivity contribution >= 4 is 11.6 Å². The average molecular weight is 274 g/mol. The molecule has 1 aliphatic rings. The number of nitrogens with zero attached hydrogens (tertiary/aromatic N) is 1.